The summed E-state index contributed by atoms with van der Waals surface area (Å²) in [6, 6.07) is 9.86. The molecule has 0 radical (unpaired) electrons. The van der Waals surface area contributed by atoms with Gasteiger partial charge in [0, 0.05) is 5.41 Å². The Hall–Kier alpha value is -1.56. The Morgan fingerprint density at radius 1 is 0.256 bits per heavy atom. The van der Waals surface area contributed by atoms with Gasteiger partial charge in [-0.15, -0.1) is 0 Å². The van der Waals surface area contributed by atoms with E-state index >= 15 is 0 Å². The van der Waals surface area contributed by atoms with Gasteiger partial charge in [-0.2, -0.15) is 0 Å². The van der Waals surface area contributed by atoms with Crippen LogP contribution in [0.1, 0.15) is 183 Å². The van der Waals surface area contributed by atoms with Crippen molar-refractivity contribution in [3.8, 4) is 0 Å². The van der Waals surface area contributed by atoms with Crippen LogP contribution in [0.3, 0.4) is 0 Å². The van der Waals surface area contributed by atoms with Crippen LogP contribution in [0.5, 0.6) is 0 Å². The zero-order chi connectivity index (χ0) is 30.9. The molecule has 2 aromatic rings. The molecule has 0 aromatic heterocycles. The third-order valence-electron chi connectivity index (χ3n) is 8.38. The van der Waals surface area contributed by atoms with E-state index in [-0.39, 0.29) is 37.9 Å². The zero-order valence-corrected chi connectivity index (χ0v) is 29.8. The lowest BCUT2D eigenvalue weighted by Gasteiger charge is -2.45. The lowest BCUT2D eigenvalue weighted by Crippen LogP contribution is -2.37. The van der Waals surface area contributed by atoms with Gasteiger partial charge in [0.25, 0.3) is 0 Å². The van der Waals surface area contributed by atoms with Gasteiger partial charge in [0.2, 0.25) is 0 Å². The molecule has 0 N–H and O–H groups in total. The van der Waals surface area contributed by atoms with E-state index in [4.69, 9.17) is 0 Å². The second-order valence-electron chi connectivity index (χ2n) is 18.9. The quantitative estimate of drug-likeness (QED) is 0.361. The van der Waals surface area contributed by atoms with Crippen molar-refractivity contribution >= 4 is 0 Å². The first-order valence-corrected chi connectivity index (χ1v) is 15.3. The third-order valence-corrected chi connectivity index (χ3v) is 8.38. The normalized spacial score (nSPS) is 14.7. The van der Waals surface area contributed by atoms with E-state index in [9.17, 15) is 0 Å². The molecule has 0 aliphatic rings. The molecule has 0 unspecified atom stereocenters. The maximum absolute atomic E-state index is 2.51. The summed E-state index contributed by atoms with van der Waals surface area (Å²) in [4.78, 5) is 0. The van der Waals surface area contributed by atoms with Crippen molar-refractivity contribution in [2.45, 2.75) is 176 Å². The Balaban J connectivity index is 3.35. The standard InChI is InChI=1S/C39H64/c1-33(2,3)25-23-24-28(31(38(16,17)18)29(25)36(10,11)12)39(19,20)32-27(35(7,8)9)22-21-26(34(4,5)6)30(32)37(13,14)15/h21-24H,1-20H3. The van der Waals surface area contributed by atoms with Gasteiger partial charge in [-0.25, -0.2) is 0 Å². The van der Waals surface area contributed by atoms with Gasteiger partial charge < -0.3 is 0 Å². The molecule has 0 heterocycles. The fourth-order valence-corrected chi connectivity index (χ4v) is 6.72. The Labute approximate surface area is 244 Å². The maximum atomic E-state index is 2.51. The van der Waals surface area contributed by atoms with E-state index in [1.165, 1.54) is 44.5 Å². The zero-order valence-electron chi connectivity index (χ0n) is 29.8. The Morgan fingerprint density at radius 3 is 0.718 bits per heavy atom. The minimum absolute atomic E-state index is 0.00189. The summed E-state index contributed by atoms with van der Waals surface area (Å²) >= 11 is 0. The summed E-state index contributed by atoms with van der Waals surface area (Å²) in [5, 5.41) is 0. The number of hydrogen-bond donors (Lipinski definition) is 0. The minimum Gasteiger partial charge on any atom is -0.0579 e. The highest BCUT2D eigenvalue weighted by Crippen LogP contribution is 2.51. The molecule has 0 spiro atoms. The van der Waals surface area contributed by atoms with Crippen LogP contribution in [0, 0.1) is 0 Å². The van der Waals surface area contributed by atoms with Crippen LogP contribution >= 0.6 is 0 Å². The summed E-state index contributed by atoms with van der Waals surface area (Å²) in [5.74, 6) is 0. The topological polar surface area (TPSA) is 0 Å². The third kappa shape index (κ3) is 6.68. The Bertz CT molecular complexity index is 1190. The van der Waals surface area contributed by atoms with Gasteiger partial charge in [0.05, 0.1) is 0 Å². The maximum Gasteiger partial charge on any atom is 0.0155 e. The SMILES string of the molecule is CC(C)(C)c1ccc(C(C)(C)c2c(C(C)(C)C)ccc(C(C)(C)C)c2C(C)(C)C)c(C(C)(C)C)c1C(C)(C)C. The highest BCUT2D eigenvalue weighted by atomic mass is 14.5. The van der Waals surface area contributed by atoms with Gasteiger partial charge in [-0.3, -0.25) is 0 Å². The van der Waals surface area contributed by atoms with E-state index < -0.39 is 0 Å². The van der Waals surface area contributed by atoms with Gasteiger partial charge in [0.15, 0.2) is 0 Å². The van der Waals surface area contributed by atoms with Crippen molar-refractivity contribution in [2.24, 2.45) is 0 Å². The fourth-order valence-electron chi connectivity index (χ4n) is 6.72. The minimum atomic E-state index is -0.189. The molecule has 0 atom stereocenters. The van der Waals surface area contributed by atoms with Crippen molar-refractivity contribution in [3.63, 3.8) is 0 Å². The lowest BCUT2D eigenvalue weighted by molar-refractivity contribution is 0.467. The molecular weight excluding hydrogens is 468 g/mol. The van der Waals surface area contributed by atoms with E-state index in [0.717, 1.165) is 0 Å². The molecule has 0 saturated carbocycles. The summed E-state index contributed by atoms with van der Waals surface area (Å²) in [6.45, 7) is 48.2. The van der Waals surface area contributed by atoms with Crippen LogP contribution in [0.2, 0.25) is 0 Å². The first-order chi connectivity index (χ1) is 16.9. The average Bonchev–Trinajstić information content (AvgIpc) is 2.67. The monoisotopic (exact) mass is 533 g/mol. The molecular formula is C39H64. The molecule has 0 nitrogen and oxygen atoms in total. The van der Waals surface area contributed by atoms with Gasteiger partial charge >= 0.3 is 0 Å². The highest BCUT2D eigenvalue weighted by Gasteiger charge is 2.42. The van der Waals surface area contributed by atoms with Crippen molar-refractivity contribution in [1.82, 2.24) is 0 Å². The molecule has 2 aromatic carbocycles. The van der Waals surface area contributed by atoms with E-state index in [1.807, 2.05) is 0 Å². The summed E-state index contributed by atoms with van der Waals surface area (Å²) < 4.78 is 0. The number of benzene rings is 2. The Morgan fingerprint density at radius 2 is 0.462 bits per heavy atom. The van der Waals surface area contributed by atoms with Crippen LogP contribution in [0.4, 0.5) is 0 Å². The smallest absolute Gasteiger partial charge is 0.0155 e. The second kappa shape index (κ2) is 9.77. The van der Waals surface area contributed by atoms with Gasteiger partial charge in [-0.1, -0.05) is 163 Å². The van der Waals surface area contributed by atoms with E-state index in [1.54, 1.807) is 0 Å². The van der Waals surface area contributed by atoms with Crippen LogP contribution in [0.15, 0.2) is 24.3 Å². The molecule has 2 rings (SSSR count). The Kier molecular flexibility index (Phi) is 8.43. The van der Waals surface area contributed by atoms with Gasteiger partial charge in [0.1, 0.15) is 0 Å². The fraction of sp³-hybridized carbons (Fsp3) is 0.692. The van der Waals surface area contributed by atoms with Crippen molar-refractivity contribution in [2.75, 3.05) is 0 Å². The van der Waals surface area contributed by atoms with Gasteiger partial charge in [-0.05, 0) is 77.0 Å². The number of hydrogen-bond acceptors (Lipinski definition) is 0. The highest BCUT2D eigenvalue weighted by molar-refractivity contribution is 5.61. The molecule has 0 aliphatic heterocycles. The first-order valence-electron chi connectivity index (χ1n) is 15.3. The summed E-state index contributed by atoms with van der Waals surface area (Å²) in [5.41, 5.74) is 12.1. The molecule has 0 bridgehead atoms. The lowest BCUT2D eigenvalue weighted by atomic mass is 9.59. The van der Waals surface area contributed by atoms with E-state index in [0.29, 0.717) is 0 Å². The molecule has 39 heavy (non-hydrogen) atoms. The predicted molar refractivity (Wildman–Crippen MR) is 177 cm³/mol. The van der Waals surface area contributed by atoms with Crippen molar-refractivity contribution in [1.29, 1.82) is 0 Å². The molecule has 0 fully saturated rings. The average molecular weight is 533 g/mol. The van der Waals surface area contributed by atoms with Crippen molar-refractivity contribution < 1.29 is 0 Å². The summed E-state index contributed by atoms with van der Waals surface area (Å²) in [6.07, 6.45) is 0. The summed E-state index contributed by atoms with van der Waals surface area (Å²) in [7, 11) is 0. The van der Waals surface area contributed by atoms with Crippen LogP contribution in [0.25, 0.3) is 0 Å². The molecule has 220 valence electrons. The van der Waals surface area contributed by atoms with Crippen LogP contribution < -0.4 is 0 Å². The first kappa shape index (κ1) is 33.6. The predicted octanol–water partition coefficient (Wildman–Crippen LogP) is 11.8. The largest absolute Gasteiger partial charge is 0.0579 e. The van der Waals surface area contributed by atoms with E-state index in [2.05, 4.69) is 163 Å². The molecule has 0 amide bonds. The second-order valence-corrected chi connectivity index (χ2v) is 18.9. The molecule has 0 aliphatic carbocycles. The molecule has 0 heteroatoms. The van der Waals surface area contributed by atoms with Crippen molar-refractivity contribution in [3.05, 3.63) is 68.8 Å². The number of rotatable bonds is 2. The van der Waals surface area contributed by atoms with Crippen LogP contribution in [-0.4, -0.2) is 0 Å². The van der Waals surface area contributed by atoms with Crippen LogP contribution in [-0.2, 0) is 37.9 Å². The molecule has 0 saturated heterocycles.